The van der Waals surface area contributed by atoms with Gasteiger partial charge in [-0.1, -0.05) is 0 Å². The molecule has 24 heavy (non-hydrogen) atoms. The summed E-state index contributed by atoms with van der Waals surface area (Å²) in [7, 11) is 1.73. The van der Waals surface area contributed by atoms with Crippen LogP contribution in [-0.2, 0) is 11.3 Å². The summed E-state index contributed by atoms with van der Waals surface area (Å²) in [4.78, 5) is 18.2. The first kappa shape index (κ1) is 16.8. The van der Waals surface area contributed by atoms with Crippen LogP contribution in [0.5, 0.6) is 0 Å². The van der Waals surface area contributed by atoms with Crippen molar-refractivity contribution in [2.45, 2.75) is 25.3 Å². The van der Waals surface area contributed by atoms with Gasteiger partial charge in [-0.25, -0.2) is 0 Å². The second-order valence-electron chi connectivity index (χ2n) is 6.20. The highest BCUT2D eigenvalue weighted by molar-refractivity contribution is 5.95. The van der Waals surface area contributed by atoms with Crippen LogP contribution in [0, 0.1) is 0 Å². The Morgan fingerprint density at radius 2 is 2.42 bits per heavy atom. The standard InChI is InChI=1S/C18H25N3O3/c1-23-11-9-21-8-2-4-14(13-21)17-16(6-7-19-17)18(22)20-12-15-5-3-10-24-15/h3,5-7,10,14,19H,2,4,8-9,11-13H2,1H3,(H,20,22). The van der Waals surface area contributed by atoms with Crippen LogP contribution in [0.2, 0.25) is 0 Å². The lowest BCUT2D eigenvalue weighted by Crippen LogP contribution is -2.37. The molecule has 1 fully saturated rings. The Morgan fingerprint density at radius 1 is 1.50 bits per heavy atom. The largest absolute Gasteiger partial charge is 0.467 e. The van der Waals surface area contributed by atoms with Crippen molar-refractivity contribution in [2.24, 2.45) is 0 Å². The molecule has 2 aromatic heterocycles. The molecule has 1 aliphatic heterocycles. The van der Waals surface area contributed by atoms with Gasteiger partial charge in [-0.15, -0.1) is 0 Å². The molecule has 2 aromatic rings. The third-order valence-electron chi connectivity index (χ3n) is 4.55. The average Bonchev–Trinajstić information content (AvgIpc) is 3.29. The first-order valence-corrected chi connectivity index (χ1v) is 8.47. The SMILES string of the molecule is COCCN1CCCC(c2[nH]ccc2C(=O)NCc2ccco2)C1. The van der Waals surface area contributed by atoms with E-state index in [1.54, 1.807) is 13.4 Å². The van der Waals surface area contributed by atoms with Crippen LogP contribution in [0.1, 0.15) is 40.6 Å². The maximum Gasteiger partial charge on any atom is 0.253 e. The molecule has 0 radical (unpaired) electrons. The third kappa shape index (κ3) is 4.07. The summed E-state index contributed by atoms with van der Waals surface area (Å²) in [5.41, 5.74) is 1.77. The molecule has 1 amide bonds. The van der Waals surface area contributed by atoms with E-state index < -0.39 is 0 Å². The molecule has 0 bridgehead atoms. The van der Waals surface area contributed by atoms with E-state index in [1.807, 2.05) is 24.4 Å². The maximum atomic E-state index is 12.5. The van der Waals surface area contributed by atoms with Crippen molar-refractivity contribution < 1.29 is 13.9 Å². The molecular weight excluding hydrogens is 306 g/mol. The lowest BCUT2D eigenvalue weighted by atomic mass is 9.92. The highest BCUT2D eigenvalue weighted by Crippen LogP contribution is 2.28. The number of rotatable bonds is 7. The molecule has 2 N–H and O–H groups in total. The molecule has 0 aromatic carbocycles. The van der Waals surface area contributed by atoms with Crippen molar-refractivity contribution in [3.05, 3.63) is 47.7 Å². The molecule has 0 spiro atoms. The van der Waals surface area contributed by atoms with E-state index in [4.69, 9.17) is 9.15 Å². The predicted molar refractivity (Wildman–Crippen MR) is 91.0 cm³/mol. The number of H-pyrrole nitrogens is 1. The summed E-state index contributed by atoms with van der Waals surface area (Å²) >= 11 is 0. The van der Waals surface area contributed by atoms with Crippen LogP contribution in [-0.4, -0.2) is 49.1 Å². The molecule has 1 aliphatic rings. The van der Waals surface area contributed by atoms with Gasteiger partial charge in [0.25, 0.3) is 5.91 Å². The van der Waals surface area contributed by atoms with Crippen molar-refractivity contribution in [1.82, 2.24) is 15.2 Å². The number of nitrogens with zero attached hydrogens (tertiary/aromatic N) is 1. The van der Waals surface area contributed by atoms with Gasteiger partial charge in [0.2, 0.25) is 0 Å². The Balaban J connectivity index is 1.62. The van der Waals surface area contributed by atoms with E-state index in [9.17, 15) is 4.79 Å². The summed E-state index contributed by atoms with van der Waals surface area (Å²) in [6, 6.07) is 5.54. The van der Waals surface area contributed by atoms with Crippen LogP contribution in [0.4, 0.5) is 0 Å². The maximum absolute atomic E-state index is 12.5. The molecule has 3 rings (SSSR count). The van der Waals surface area contributed by atoms with E-state index in [2.05, 4.69) is 15.2 Å². The number of likely N-dealkylation sites (tertiary alicyclic amines) is 1. The summed E-state index contributed by atoms with van der Waals surface area (Å²) in [6.07, 6.45) is 5.70. The zero-order chi connectivity index (χ0) is 16.8. The van der Waals surface area contributed by atoms with Crippen molar-refractivity contribution in [3.8, 4) is 0 Å². The first-order chi connectivity index (χ1) is 11.8. The third-order valence-corrected chi connectivity index (χ3v) is 4.55. The Kier molecular flexibility index (Phi) is 5.72. The van der Waals surface area contributed by atoms with Crippen molar-refractivity contribution in [1.29, 1.82) is 0 Å². The molecule has 6 heteroatoms. The fourth-order valence-electron chi connectivity index (χ4n) is 3.31. The smallest absolute Gasteiger partial charge is 0.253 e. The summed E-state index contributed by atoms with van der Waals surface area (Å²) in [6.45, 7) is 4.14. The van der Waals surface area contributed by atoms with Crippen LogP contribution in [0.15, 0.2) is 35.1 Å². The first-order valence-electron chi connectivity index (χ1n) is 8.47. The second-order valence-corrected chi connectivity index (χ2v) is 6.20. The number of amides is 1. The number of aromatic amines is 1. The number of furan rings is 1. The minimum atomic E-state index is -0.0586. The second kappa shape index (κ2) is 8.17. The van der Waals surface area contributed by atoms with Gasteiger partial charge in [-0.2, -0.15) is 0 Å². The van der Waals surface area contributed by atoms with Gasteiger partial charge in [0.1, 0.15) is 5.76 Å². The van der Waals surface area contributed by atoms with Crippen molar-refractivity contribution in [2.75, 3.05) is 33.4 Å². The number of hydrogen-bond donors (Lipinski definition) is 2. The molecule has 1 atom stereocenters. The predicted octanol–water partition coefficient (Wildman–Crippen LogP) is 2.36. The van der Waals surface area contributed by atoms with Gasteiger partial charge in [0.05, 0.1) is 25.0 Å². The normalized spacial score (nSPS) is 18.6. The molecule has 6 nitrogen and oxygen atoms in total. The molecule has 0 aliphatic carbocycles. The fraction of sp³-hybridized carbons (Fsp3) is 0.500. The van der Waals surface area contributed by atoms with Gasteiger partial charge >= 0.3 is 0 Å². The number of piperidine rings is 1. The fourth-order valence-corrected chi connectivity index (χ4v) is 3.31. The van der Waals surface area contributed by atoms with E-state index in [0.717, 1.165) is 56.1 Å². The number of methoxy groups -OCH3 is 1. The van der Waals surface area contributed by atoms with Gasteiger partial charge in [-0.3, -0.25) is 4.79 Å². The molecule has 1 unspecified atom stereocenters. The minimum absolute atomic E-state index is 0.0586. The minimum Gasteiger partial charge on any atom is -0.467 e. The monoisotopic (exact) mass is 331 g/mol. The van der Waals surface area contributed by atoms with E-state index in [1.165, 1.54) is 0 Å². The van der Waals surface area contributed by atoms with E-state index >= 15 is 0 Å². The van der Waals surface area contributed by atoms with E-state index in [-0.39, 0.29) is 5.91 Å². The number of hydrogen-bond acceptors (Lipinski definition) is 4. The molecule has 0 saturated carbocycles. The Labute approximate surface area is 142 Å². The molecule has 3 heterocycles. The van der Waals surface area contributed by atoms with Crippen molar-refractivity contribution in [3.63, 3.8) is 0 Å². The zero-order valence-electron chi connectivity index (χ0n) is 14.1. The van der Waals surface area contributed by atoms with Gasteiger partial charge in [0, 0.05) is 38.0 Å². The molecular formula is C18H25N3O3. The van der Waals surface area contributed by atoms with Crippen LogP contribution < -0.4 is 5.32 Å². The molecule has 1 saturated heterocycles. The van der Waals surface area contributed by atoms with Crippen LogP contribution in [0.3, 0.4) is 0 Å². The molecule has 130 valence electrons. The summed E-state index contributed by atoms with van der Waals surface area (Å²) < 4.78 is 10.4. The topological polar surface area (TPSA) is 70.5 Å². The van der Waals surface area contributed by atoms with Crippen LogP contribution in [0.25, 0.3) is 0 Å². The highest BCUT2D eigenvalue weighted by Gasteiger charge is 2.25. The van der Waals surface area contributed by atoms with Crippen molar-refractivity contribution >= 4 is 5.91 Å². The Hall–Kier alpha value is -2.05. The number of aromatic nitrogens is 1. The number of carbonyl (C=O) groups excluding carboxylic acids is 1. The average molecular weight is 331 g/mol. The number of ether oxygens (including phenoxy) is 1. The van der Waals surface area contributed by atoms with E-state index in [0.29, 0.717) is 12.5 Å². The van der Waals surface area contributed by atoms with Gasteiger partial charge < -0.3 is 24.4 Å². The van der Waals surface area contributed by atoms with Crippen LogP contribution >= 0.6 is 0 Å². The van der Waals surface area contributed by atoms with Gasteiger partial charge in [-0.05, 0) is 37.6 Å². The number of nitrogens with one attached hydrogen (secondary N) is 2. The Morgan fingerprint density at radius 3 is 3.21 bits per heavy atom. The van der Waals surface area contributed by atoms with Gasteiger partial charge in [0.15, 0.2) is 0 Å². The summed E-state index contributed by atoms with van der Waals surface area (Å²) in [5, 5.41) is 2.93. The quantitative estimate of drug-likeness (QED) is 0.817. The summed E-state index contributed by atoms with van der Waals surface area (Å²) in [5.74, 6) is 1.05. The zero-order valence-corrected chi connectivity index (χ0v) is 14.1. The lowest BCUT2D eigenvalue weighted by Gasteiger charge is -2.32. The number of carbonyl (C=O) groups is 1. The Bertz CT molecular complexity index is 636. The highest BCUT2D eigenvalue weighted by atomic mass is 16.5. The lowest BCUT2D eigenvalue weighted by molar-refractivity contribution is 0.0944.